The van der Waals surface area contributed by atoms with Crippen LogP contribution in [0.3, 0.4) is 0 Å². The van der Waals surface area contributed by atoms with Crippen molar-refractivity contribution in [2.24, 2.45) is 0 Å². The molecule has 1 aromatic rings. The summed E-state index contributed by atoms with van der Waals surface area (Å²) in [5, 5.41) is 3.69. The summed E-state index contributed by atoms with van der Waals surface area (Å²) in [5.41, 5.74) is 8.24. The predicted octanol–water partition coefficient (Wildman–Crippen LogP) is 3.84. The average molecular weight is 297 g/mol. The number of anilines is 1. The van der Waals surface area contributed by atoms with E-state index in [1.807, 2.05) is 12.1 Å². The molecule has 3 heteroatoms. The molecule has 0 aliphatic heterocycles. The van der Waals surface area contributed by atoms with E-state index in [1.54, 1.807) is 0 Å². The number of nitrogens with two attached hydrogens (primary N) is 1. The Morgan fingerprint density at radius 2 is 1.94 bits per heavy atom. The van der Waals surface area contributed by atoms with Crippen LogP contribution in [0, 0.1) is 0 Å². The maximum absolute atomic E-state index is 5.84. The van der Waals surface area contributed by atoms with Gasteiger partial charge in [0, 0.05) is 22.2 Å². The summed E-state index contributed by atoms with van der Waals surface area (Å²) in [5.74, 6) is 0. The van der Waals surface area contributed by atoms with E-state index in [1.165, 1.54) is 37.7 Å². The van der Waals surface area contributed by atoms with Crippen molar-refractivity contribution < 1.29 is 0 Å². The van der Waals surface area contributed by atoms with Gasteiger partial charge in [-0.3, -0.25) is 0 Å². The molecule has 1 fully saturated rings. The first-order valence-electron chi connectivity index (χ1n) is 6.37. The topological polar surface area (TPSA) is 38.0 Å². The minimum Gasteiger partial charge on any atom is -0.399 e. The van der Waals surface area contributed by atoms with Crippen molar-refractivity contribution in [2.75, 3.05) is 5.73 Å². The highest BCUT2D eigenvalue weighted by Gasteiger charge is 2.25. The molecule has 1 aliphatic carbocycles. The fourth-order valence-electron chi connectivity index (χ4n) is 2.60. The molecule has 17 heavy (non-hydrogen) atoms. The van der Waals surface area contributed by atoms with Crippen LogP contribution in [0.5, 0.6) is 0 Å². The fourth-order valence-corrected chi connectivity index (χ4v) is 3.16. The first-order chi connectivity index (χ1) is 8.07. The second-order valence-electron chi connectivity index (χ2n) is 5.37. The zero-order valence-electron chi connectivity index (χ0n) is 10.4. The van der Waals surface area contributed by atoms with Crippen molar-refractivity contribution in [3.63, 3.8) is 0 Å². The molecular formula is C14H21BrN2. The number of hydrogen-bond donors (Lipinski definition) is 2. The smallest absolute Gasteiger partial charge is 0.0328 e. The van der Waals surface area contributed by atoms with Crippen LogP contribution in [0.4, 0.5) is 5.69 Å². The highest BCUT2D eigenvalue weighted by molar-refractivity contribution is 9.10. The Labute approximate surface area is 112 Å². The van der Waals surface area contributed by atoms with Crippen molar-refractivity contribution in [3.8, 4) is 0 Å². The quantitative estimate of drug-likeness (QED) is 0.832. The van der Waals surface area contributed by atoms with Crippen LogP contribution in [0.1, 0.15) is 44.6 Å². The summed E-state index contributed by atoms with van der Waals surface area (Å²) in [7, 11) is 0. The van der Waals surface area contributed by atoms with Gasteiger partial charge in [-0.2, -0.15) is 0 Å². The van der Waals surface area contributed by atoms with Crippen molar-refractivity contribution in [3.05, 3.63) is 28.2 Å². The van der Waals surface area contributed by atoms with E-state index in [9.17, 15) is 0 Å². The van der Waals surface area contributed by atoms with Crippen LogP contribution >= 0.6 is 15.9 Å². The minimum absolute atomic E-state index is 0.315. The second-order valence-corrected chi connectivity index (χ2v) is 6.28. The molecule has 1 aliphatic rings. The third kappa shape index (κ3) is 3.71. The van der Waals surface area contributed by atoms with Gasteiger partial charge in [-0.15, -0.1) is 0 Å². The Kier molecular flexibility index (Phi) is 4.10. The molecule has 0 unspecified atom stereocenters. The monoisotopic (exact) mass is 296 g/mol. The summed E-state index contributed by atoms with van der Waals surface area (Å²) in [6.07, 6.45) is 6.67. The maximum Gasteiger partial charge on any atom is 0.0328 e. The Hall–Kier alpha value is -0.540. The normalized spacial score (nSPS) is 19.2. The highest BCUT2D eigenvalue weighted by Crippen LogP contribution is 2.28. The standard InChI is InChI=1S/C14H21BrN2/c1-14(5-3-2-4-6-14)17-10-11-7-12(15)9-13(16)8-11/h7-9,17H,2-6,10,16H2,1H3. The van der Waals surface area contributed by atoms with Crippen LogP contribution in [-0.4, -0.2) is 5.54 Å². The molecule has 0 atom stereocenters. The summed E-state index contributed by atoms with van der Waals surface area (Å²) in [6.45, 7) is 3.24. The summed E-state index contributed by atoms with van der Waals surface area (Å²) >= 11 is 3.48. The highest BCUT2D eigenvalue weighted by atomic mass is 79.9. The molecule has 2 rings (SSSR count). The van der Waals surface area contributed by atoms with Crippen LogP contribution in [0.25, 0.3) is 0 Å². The first kappa shape index (κ1) is 12.9. The lowest BCUT2D eigenvalue weighted by atomic mass is 9.83. The van der Waals surface area contributed by atoms with Crippen LogP contribution in [0.15, 0.2) is 22.7 Å². The summed E-state index contributed by atoms with van der Waals surface area (Å²) in [6, 6.07) is 6.12. The van der Waals surface area contributed by atoms with Gasteiger partial charge in [-0.1, -0.05) is 35.2 Å². The Balaban J connectivity index is 1.96. The lowest BCUT2D eigenvalue weighted by Crippen LogP contribution is -2.43. The minimum atomic E-state index is 0.315. The Bertz CT molecular complexity index is 364. The van der Waals surface area contributed by atoms with Gasteiger partial charge >= 0.3 is 0 Å². The zero-order valence-corrected chi connectivity index (χ0v) is 12.0. The number of nitrogens with one attached hydrogen (secondary N) is 1. The van der Waals surface area contributed by atoms with E-state index in [2.05, 4.69) is 34.2 Å². The van der Waals surface area contributed by atoms with E-state index < -0.39 is 0 Å². The van der Waals surface area contributed by atoms with Crippen LogP contribution < -0.4 is 11.1 Å². The van der Waals surface area contributed by atoms with Gasteiger partial charge in [0.2, 0.25) is 0 Å². The molecule has 3 N–H and O–H groups in total. The van der Waals surface area contributed by atoms with Gasteiger partial charge in [0.1, 0.15) is 0 Å². The summed E-state index contributed by atoms with van der Waals surface area (Å²) < 4.78 is 1.06. The molecular weight excluding hydrogens is 276 g/mol. The predicted molar refractivity (Wildman–Crippen MR) is 76.9 cm³/mol. The van der Waals surface area contributed by atoms with Crippen molar-refractivity contribution in [2.45, 2.75) is 51.1 Å². The molecule has 0 heterocycles. The SMILES string of the molecule is CC1(NCc2cc(N)cc(Br)c2)CCCCC1. The molecule has 0 amide bonds. The Morgan fingerprint density at radius 1 is 1.24 bits per heavy atom. The van der Waals surface area contributed by atoms with E-state index in [0.717, 1.165) is 16.7 Å². The van der Waals surface area contributed by atoms with E-state index in [4.69, 9.17) is 5.73 Å². The van der Waals surface area contributed by atoms with Crippen LogP contribution in [-0.2, 0) is 6.54 Å². The van der Waals surface area contributed by atoms with Crippen molar-refractivity contribution in [1.29, 1.82) is 0 Å². The summed E-state index contributed by atoms with van der Waals surface area (Å²) in [4.78, 5) is 0. The molecule has 0 saturated heterocycles. The van der Waals surface area contributed by atoms with E-state index >= 15 is 0 Å². The van der Waals surface area contributed by atoms with Gasteiger partial charge in [0.25, 0.3) is 0 Å². The third-order valence-corrected chi connectivity index (χ3v) is 4.11. The largest absolute Gasteiger partial charge is 0.399 e. The zero-order chi connectivity index (χ0) is 12.3. The number of rotatable bonds is 3. The van der Waals surface area contributed by atoms with Crippen LogP contribution in [0.2, 0.25) is 0 Å². The lowest BCUT2D eigenvalue weighted by molar-refractivity contribution is 0.252. The maximum atomic E-state index is 5.84. The molecule has 0 spiro atoms. The first-order valence-corrected chi connectivity index (χ1v) is 7.17. The molecule has 0 bridgehead atoms. The van der Waals surface area contributed by atoms with Crippen molar-refractivity contribution in [1.82, 2.24) is 5.32 Å². The number of nitrogen functional groups attached to an aromatic ring is 1. The molecule has 94 valence electrons. The molecule has 0 aromatic heterocycles. The molecule has 0 radical (unpaired) electrons. The van der Waals surface area contributed by atoms with Gasteiger partial charge < -0.3 is 11.1 Å². The molecule has 1 saturated carbocycles. The molecule has 2 nitrogen and oxygen atoms in total. The van der Waals surface area contributed by atoms with Gasteiger partial charge in [-0.05, 0) is 43.5 Å². The fraction of sp³-hybridized carbons (Fsp3) is 0.571. The van der Waals surface area contributed by atoms with Gasteiger partial charge in [0.15, 0.2) is 0 Å². The lowest BCUT2D eigenvalue weighted by Gasteiger charge is -2.35. The van der Waals surface area contributed by atoms with Gasteiger partial charge in [0.05, 0.1) is 0 Å². The van der Waals surface area contributed by atoms with Gasteiger partial charge in [-0.25, -0.2) is 0 Å². The number of benzene rings is 1. The molecule has 1 aromatic carbocycles. The van der Waals surface area contributed by atoms with E-state index in [-0.39, 0.29) is 0 Å². The number of hydrogen-bond acceptors (Lipinski definition) is 2. The number of halogens is 1. The van der Waals surface area contributed by atoms with Crippen molar-refractivity contribution >= 4 is 21.6 Å². The second kappa shape index (κ2) is 5.40. The Morgan fingerprint density at radius 3 is 2.59 bits per heavy atom. The van der Waals surface area contributed by atoms with E-state index in [0.29, 0.717) is 5.54 Å². The average Bonchev–Trinajstić information content (AvgIpc) is 2.26. The third-order valence-electron chi connectivity index (χ3n) is 3.66.